The number of nitrogens with zero attached hydrogens (tertiary/aromatic N) is 1. The minimum Gasteiger partial charge on any atom is -0.372 e. The first-order valence-electron chi connectivity index (χ1n) is 6.93. The van der Waals surface area contributed by atoms with E-state index >= 15 is 0 Å². The van der Waals surface area contributed by atoms with Crippen molar-refractivity contribution >= 4 is 0 Å². The van der Waals surface area contributed by atoms with E-state index < -0.39 is 36.9 Å². The molecule has 12 heteroatoms. The van der Waals surface area contributed by atoms with Gasteiger partial charge in [-0.25, -0.2) is 0 Å². The molecule has 0 radical (unpaired) electrons. The van der Waals surface area contributed by atoms with Gasteiger partial charge in [0.25, 0.3) is 0 Å². The molecule has 2 saturated heterocycles. The normalized spacial score (nSPS) is 25.2. The lowest BCUT2D eigenvalue weighted by atomic mass is 10.0. The molecule has 2 aliphatic heterocycles. The van der Waals surface area contributed by atoms with Crippen molar-refractivity contribution in [1.29, 1.82) is 0 Å². The van der Waals surface area contributed by atoms with Gasteiger partial charge in [-0.05, 0) is 0 Å². The Morgan fingerprint density at radius 1 is 0.750 bits per heavy atom. The van der Waals surface area contributed by atoms with Crippen LogP contribution in [0.3, 0.4) is 0 Å². The molecule has 0 aromatic carbocycles. The highest BCUT2D eigenvalue weighted by molar-refractivity contribution is 5.00. The van der Waals surface area contributed by atoms with E-state index in [1.165, 1.54) is 4.90 Å². The minimum absolute atomic E-state index is 0.0805. The zero-order valence-corrected chi connectivity index (χ0v) is 12.1. The highest BCUT2D eigenvalue weighted by Crippen LogP contribution is 2.54. The molecule has 0 aliphatic carbocycles. The molecule has 0 aromatic rings. The molecular weight excluding hydrogens is 361 g/mol. The van der Waals surface area contributed by atoms with Crippen molar-refractivity contribution < 1.29 is 49.0 Å². The Bertz CT molecular complexity index is 432. The summed E-state index contributed by atoms with van der Waals surface area (Å²) in [5, 5.41) is 0. The maximum Gasteiger partial charge on any atom is 0.460 e. The Morgan fingerprint density at radius 2 is 1.17 bits per heavy atom. The van der Waals surface area contributed by atoms with Crippen LogP contribution in [0.4, 0.5) is 39.5 Å². The smallest absolute Gasteiger partial charge is 0.372 e. The van der Waals surface area contributed by atoms with Crippen LogP contribution in [0.5, 0.6) is 0 Å². The molecule has 0 aromatic heterocycles. The van der Waals surface area contributed by atoms with Gasteiger partial charge in [0.2, 0.25) is 0 Å². The number of alkyl halides is 9. The maximum atomic E-state index is 13.5. The third kappa shape index (κ3) is 4.07. The second kappa shape index (κ2) is 6.20. The first-order valence-corrected chi connectivity index (χ1v) is 6.93. The molecule has 2 unspecified atom stereocenters. The molecule has 0 bridgehead atoms. The molecule has 2 atom stereocenters. The third-order valence-corrected chi connectivity index (χ3v) is 3.68. The summed E-state index contributed by atoms with van der Waals surface area (Å²) >= 11 is 0. The van der Waals surface area contributed by atoms with Crippen LogP contribution in [0.2, 0.25) is 0 Å². The fraction of sp³-hybridized carbons (Fsp3) is 1.00. The first kappa shape index (κ1) is 19.6. The number of hydrogen-bond donors (Lipinski definition) is 0. The third-order valence-electron chi connectivity index (χ3n) is 3.68. The van der Waals surface area contributed by atoms with Crippen LogP contribution in [0.15, 0.2) is 0 Å². The summed E-state index contributed by atoms with van der Waals surface area (Å²) < 4.78 is 125. The zero-order chi connectivity index (χ0) is 18.4. The van der Waals surface area contributed by atoms with E-state index in [2.05, 4.69) is 0 Å². The van der Waals surface area contributed by atoms with Gasteiger partial charge in [0.15, 0.2) is 0 Å². The SMILES string of the molecule is FC(F)(F)C(F)(F)C(F)(F)C(F)(F)CCN(CC1CO1)CC1CO1. The summed E-state index contributed by atoms with van der Waals surface area (Å²) in [4.78, 5) is 1.23. The highest BCUT2D eigenvalue weighted by atomic mass is 19.4. The standard InChI is InChI=1S/C12H14F9NO2/c13-9(14,10(15,16)11(17,18)12(19,20)21)1-2-22(3-7-5-23-7)4-8-6-24-8/h7-8H,1-6H2. The Labute approximate surface area is 130 Å². The number of rotatable bonds is 9. The Kier molecular flexibility index (Phi) is 5.06. The number of halogens is 9. The molecule has 2 aliphatic rings. The van der Waals surface area contributed by atoms with E-state index in [0.29, 0.717) is 13.2 Å². The van der Waals surface area contributed by atoms with Gasteiger partial charge in [-0.1, -0.05) is 0 Å². The quantitative estimate of drug-likeness (QED) is 0.458. The number of epoxide rings is 2. The molecule has 3 nitrogen and oxygen atoms in total. The fourth-order valence-corrected chi connectivity index (χ4v) is 2.04. The largest absolute Gasteiger partial charge is 0.460 e. The van der Waals surface area contributed by atoms with Gasteiger partial charge in [0.05, 0.1) is 25.4 Å². The van der Waals surface area contributed by atoms with Gasteiger partial charge in [-0.15, -0.1) is 0 Å². The van der Waals surface area contributed by atoms with Crippen molar-refractivity contribution in [3.63, 3.8) is 0 Å². The van der Waals surface area contributed by atoms with Crippen molar-refractivity contribution in [2.45, 2.75) is 42.6 Å². The van der Waals surface area contributed by atoms with Crippen LogP contribution in [0.25, 0.3) is 0 Å². The Morgan fingerprint density at radius 3 is 1.50 bits per heavy atom. The molecule has 0 N–H and O–H groups in total. The van der Waals surface area contributed by atoms with Crippen molar-refractivity contribution in [3.8, 4) is 0 Å². The van der Waals surface area contributed by atoms with E-state index in [0.717, 1.165) is 0 Å². The summed E-state index contributed by atoms with van der Waals surface area (Å²) in [7, 11) is 0. The average molecular weight is 375 g/mol. The summed E-state index contributed by atoms with van der Waals surface area (Å²) in [6.45, 7) is 0.0338. The molecule has 2 heterocycles. The molecule has 0 amide bonds. The zero-order valence-electron chi connectivity index (χ0n) is 12.1. The number of ether oxygens (including phenoxy) is 2. The van der Waals surface area contributed by atoms with Crippen molar-refractivity contribution in [2.24, 2.45) is 0 Å². The maximum absolute atomic E-state index is 13.5. The Balaban J connectivity index is 2.01. The van der Waals surface area contributed by atoms with Gasteiger partial charge >= 0.3 is 23.9 Å². The van der Waals surface area contributed by atoms with Crippen molar-refractivity contribution in [2.75, 3.05) is 32.8 Å². The van der Waals surface area contributed by atoms with Gasteiger partial charge in [-0.3, -0.25) is 4.90 Å². The van der Waals surface area contributed by atoms with Crippen LogP contribution < -0.4 is 0 Å². The molecule has 2 fully saturated rings. The van der Waals surface area contributed by atoms with Crippen LogP contribution in [-0.4, -0.2) is 73.9 Å². The van der Waals surface area contributed by atoms with E-state index in [1.54, 1.807) is 0 Å². The average Bonchev–Trinajstić information content (AvgIpc) is 3.30. The van der Waals surface area contributed by atoms with Gasteiger partial charge < -0.3 is 9.47 Å². The second-order valence-electron chi connectivity index (χ2n) is 5.77. The topological polar surface area (TPSA) is 28.3 Å². The fourth-order valence-electron chi connectivity index (χ4n) is 2.04. The molecule has 24 heavy (non-hydrogen) atoms. The van der Waals surface area contributed by atoms with E-state index in [9.17, 15) is 39.5 Å². The molecule has 0 spiro atoms. The van der Waals surface area contributed by atoms with Crippen LogP contribution in [-0.2, 0) is 9.47 Å². The van der Waals surface area contributed by atoms with E-state index in [1.807, 2.05) is 0 Å². The molecule has 0 saturated carbocycles. The second-order valence-corrected chi connectivity index (χ2v) is 5.77. The summed E-state index contributed by atoms with van der Waals surface area (Å²) in [5.74, 6) is -18.9. The van der Waals surface area contributed by atoms with Crippen molar-refractivity contribution in [1.82, 2.24) is 4.90 Å². The molecular formula is C12H14F9NO2. The minimum atomic E-state index is -6.84. The summed E-state index contributed by atoms with van der Waals surface area (Å²) in [6, 6.07) is 0. The van der Waals surface area contributed by atoms with Gasteiger partial charge in [0, 0.05) is 26.1 Å². The Hall–Kier alpha value is -0.750. The monoisotopic (exact) mass is 375 g/mol. The van der Waals surface area contributed by atoms with Gasteiger partial charge in [0.1, 0.15) is 0 Å². The highest BCUT2D eigenvalue weighted by Gasteiger charge is 2.81. The van der Waals surface area contributed by atoms with Crippen LogP contribution in [0, 0.1) is 0 Å². The molecule has 2 rings (SSSR count). The number of hydrogen-bond acceptors (Lipinski definition) is 3. The van der Waals surface area contributed by atoms with E-state index in [-0.39, 0.29) is 25.3 Å². The summed E-state index contributed by atoms with van der Waals surface area (Å²) in [6.07, 6.45) is -9.24. The predicted molar refractivity (Wildman–Crippen MR) is 61.4 cm³/mol. The van der Waals surface area contributed by atoms with Gasteiger partial charge in [-0.2, -0.15) is 39.5 Å². The van der Waals surface area contributed by atoms with E-state index in [4.69, 9.17) is 9.47 Å². The predicted octanol–water partition coefficient (Wildman–Crippen LogP) is 2.94. The lowest BCUT2D eigenvalue weighted by Gasteiger charge is -2.34. The van der Waals surface area contributed by atoms with Crippen LogP contribution >= 0.6 is 0 Å². The van der Waals surface area contributed by atoms with Crippen molar-refractivity contribution in [3.05, 3.63) is 0 Å². The lowest BCUT2D eigenvalue weighted by Crippen LogP contribution is -2.61. The molecule has 142 valence electrons. The summed E-state index contributed by atoms with van der Waals surface area (Å²) in [5.41, 5.74) is 0. The first-order chi connectivity index (χ1) is 10.8. The lowest BCUT2D eigenvalue weighted by molar-refractivity contribution is -0.396. The van der Waals surface area contributed by atoms with Crippen LogP contribution in [0.1, 0.15) is 6.42 Å².